The third-order valence-electron chi connectivity index (χ3n) is 1.32. The maximum atomic E-state index is 12.7. The van der Waals surface area contributed by atoms with Crippen LogP contribution in [0.1, 0.15) is 33.1 Å². The summed E-state index contributed by atoms with van der Waals surface area (Å²) in [6, 6.07) is 0. The van der Waals surface area contributed by atoms with Crippen molar-refractivity contribution in [2.24, 2.45) is 0 Å². The lowest BCUT2D eigenvalue weighted by atomic mass is 10.1. The maximum Gasteiger partial charge on any atom is 0.311 e. The van der Waals surface area contributed by atoms with Gasteiger partial charge in [-0.15, -0.1) is 0 Å². The third kappa shape index (κ3) is 5.04. The van der Waals surface area contributed by atoms with Crippen molar-refractivity contribution < 1.29 is 18.3 Å². The molecule has 0 bridgehead atoms. The van der Waals surface area contributed by atoms with E-state index in [-0.39, 0.29) is 13.0 Å². The number of rotatable bonds is 5. The second-order valence-electron chi connectivity index (χ2n) is 2.59. The fourth-order valence-corrected chi connectivity index (χ4v) is 0.877. The highest BCUT2D eigenvalue weighted by atomic mass is 19.3. The van der Waals surface area contributed by atoms with Crippen LogP contribution in [0.5, 0.6) is 0 Å². The van der Waals surface area contributed by atoms with Gasteiger partial charge in [-0.1, -0.05) is 13.3 Å². The van der Waals surface area contributed by atoms with Gasteiger partial charge in [-0.2, -0.15) is 0 Å². The first-order chi connectivity index (χ1) is 5.52. The summed E-state index contributed by atoms with van der Waals surface area (Å²) in [5.74, 6) is -3.72. The average Bonchev–Trinajstić information content (AvgIpc) is 1.85. The molecule has 72 valence electrons. The van der Waals surface area contributed by atoms with Crippen LogP contribution in [0.4, 0.5) is 8.78 Å². The number of alkyl halides is 2. The smallest absolute Gasteiger partial charge is 0.311 e. The van der Waals surface area contributed by atoms with E-state index in [1.807, 2.05) is 0 Å². The van der Waals surface area contributed by atoms with Gasteiger partial charge < -0.3 is 4.74 Å². The van der Waals surface area contributed by atoms with E-state index in [4.69, 9.17) is 0 Å². The van der Waals surface area contributed by atoms with Crippen LogP contribution in [0.2, 0.25) is 0 Å². The highest BCUT2D eigenvalue weighted by Crippen LogP contribution is 2.24. The van der Waals surface area contributed by atoms with Crippen LogP contribution in [-0.4, -0.2) is 18.5 Å². The standard InChI is InChI=1S/C8H14F2O2/c1-3-5-8(9,10)6-7(11)12-4-2/h3-6H2,1-2H3. The molecule has 0 rings (SSSR count). The van der Waals surface area contributed by atoms with Crippen LogP contribution in [0.3, 0.4) is 0 Å². The number of ether oxygens (including phenoxy) is 1. The zero-order valence-corrected chi connectivity index (χ0v) is 7.40. The summed E-state index contributed by atoms with van der Waals surface area (Å²) in [4.78, 5) is 10.6. The van der Waals surface area contributed by atoms with Crippen molar-refractivity contribution in [1.29, 1.82) is 0 Å². The Labute approximate surface area is 70.9 Å². The van der Waals surface area contributed by atoms with E-state index in [2.05, 4.69) is 4.74 Å². The van der Waals surface area contributed by atoms with E-state index in [9.17, 15) is 13.6 Å². The van der Waals surface area contributed by atoms with Crippen molar-refractivity contribution in [2.45, 2.75) is 39.0 Å². The molecule has 0 saturated heterocycles. The van der Waals surface area contributed by atoms with E-state index >= 15 is 0 Å². The Morgan fingerprint density at radius 3 is 2.42 bits per heavy atom. The predicted octanol–water partition coefficient (Wildman–Crippen LogP) is 2.38. The van der Waals surface area contributed by atoms with Crippen LogP contribution < -0.4 is 0 Å². The lowest BCUT2D eigenvalue weighted by Crippen LogP contribution is -2.22. The lowest BCUT2D eigenvalue weighted by Gasteiger charge is -2.13. The Bertz CT molecular complexity index is 146. The highest BCUT2D eigenvalue weighted by molar-refractivity contribution is 5.70. The molecule has 0 saturated carbocycles. The Kier molecular flexibility index (Phi) is 4.78. The van der Waals surface area contributed by atoms with E-state index < -0.39 is 18.3 Å². The molecule has 0 radical (unpaired) electrons. The number of hydrogen-bond acceptors (Lipinski definition) is 2. The Balaban J connectivity index is 3.79. The normalized spacial score (nSPS) is 11.3. The van der Waals surface area contributed by atoms with Crippen molar-refractivity contribution in [3.63, 3.8) is 0 Å². The summed E-state index contributed by atoms with van der Waals surface area (Å²) in [6.45, 7) is 3.40. The van der Waals surface area contributed by atoms with Gasteiger partial charge in [0.25, 0.3) is 5.92 Å². The number of carbonyl (C=O) groups is 1. The Morgan fingerprint density at radius 1 is 1.42 bits per heavy atom. The molecule has 0 fully saturated rings. The Morgan fingerprint density at radius 2 is 2.00 bits per heavy atom. The van der Waals surface area contributed by atoms with E-state index in [0.717, 1.165) is 0 Å². The minimum Gasteiger partial charge on any atom is -0.466 e. The first kappa shape index (κ1) is 11.3. The van der Waals surface area contributed by atoms with Crippen LogP contribution >= 0.6 is 0 Å². The molecule has 0 aromatic carbocycles. The molecular formula is C8H14F2O2. The maximum absolute atomic E-state index is 12.7. The number of halogens is 2. The van der Waals surface area contributed by atoms with Crippen LogP contribution in [-0.2, 0) is 9.53 Å². The molecule has 12 heavy (non-hydrogen) atoms. The SMILES string of the molecule is CCCC(F)(F)CC(=O)OCC. The average molecular weight is 180 g/mol. The first-order valence-corrected chi connectivity index (χ1v) is 4.05. The highest BCUT2D eigenvalue weighted by Gasteiger charge is 2.31. The van der Waals surface area contributed by atoms with Gasteiger partial charge >= 0.3 is 5.97 Å². The largest absolute Gasteiger partial charge is 0.466 e. The summed E-state index contributed by atoms with van der Waals surface area (Å²) in [5.41, 5.74) is 0. The molecule has 0 aromatic rings. The minimum atomic E-state index is -2.90. The van der Waals surface area contributed by atoms with Crippen molar-refractivity contribution in [3.8, 4) is 0 Å². The van der Waals surface area contributed by atoms with Crippen molar-refractivity contribution in [3.05, 3.63) is 0 Å². The van der Waals surface area contributed by atoms with Gasteiger partial charge in [0.15, 0.2) is 0 Å². The topological polar surface area (TPSA) is 26.3 Å². The molecule has 0 spiro atoms. The molecule has 4 heteroatoms. The van der Waals surface area contributed by atoms with Crippen molar-refractivity contribution in [2.75, 3.05) is 6.61 Å². The zero-order valence-electron chi connectivity index (χ0n) is 7.40. The van der Waals surface area contributed by atoms with Crippen molar-refractivity contribution in [1.82, 2.24) is 0 Å². The van der Waals surface area contributed by atoms with Gasteiger partial charge in [0.1, 0.15) is 6.42 Å². The molecule has 0 aliphatic carbocycles. The minimum absolute atomic E-state index is 0.154. The molecule has 0 aliphatic heterocycles. The molecule has 0 unspecified atom stereocenters. The fraction of sp³-hybridized carbons (Fsp3) is 0.875. The fourth-order valence-electron chi connectivity index (χ4n) is 0.877. The summed E-state index contributed by atoms with van der Waals surface area (Å²) in [6.07, 6.45) is -0.688. The van der Waals surface area contributed by atoms with Gasteiger partial charge in [0.05, 0.1) is 6.61 Å². The number of carbonyl (C=O) groups excluding carboxylic acids is 1. The monoisotopic (exact) mass is 180 g/mol. The second-order valence-corrected chi connectivity index (χ2v) is 2.59. The molecule has 0 N–H and O–H groups in total. The summed E-state index contributed by atoms with van der Waals surface area (Å²) >= 11 is 0. The molecular weight excluding hydrogens is 166 g/mol. The number of esters is 1. The molecule has 0 aromatic heterocycles. The van der Waals surface area contributed by atoms with E-state index in [1.165, 1.54) is 0 Å². The summed E-state index contributed by atoms with van der Waals surface area (Å²) in [7, 11) is 0. The summed E-state index contributed by atoms with van der Waals surface area (Å²) < 4.78 is 29.8. The second kappa shape index (κ2) is 5.06. The zero-order chi connectivity index (χ0) is 9.61. The van der Waals surface area contributed by atoms with E-state index in [0.29, 0.717) is 6.42 Å². The Hall–Kier alpha value is -0.670. The van der Waals surface area contributed by atoms with Gasteiger partial charge in [0, 0.05) is 6.42 Å². The molecule has 2 nitrogen and oxygen atoms in total. The predicted molar refractivity (Wildman–Crippen MR) is 41.1 cm³/mol. The van der Waals surface area contributed by atoms with Gasteiger partial charge in [-0.25, -0.2) is 8.78 Å². The van der Waals surface area contributed by atoms with Crippen LogP contribution in [0, 0.1) is 0 Å². The molecule has 0 amide bonds. The molecule has 0 aliphatic rings. The molecule has 0 atom stereocenters. The molecule has 0 heterocycles. The van der Waals surface area contributed by atoms with Crippen LogP contribution in [0.15, 0.2) is 0 Å². The first-order valence-electron chi connectivity index (χ1n) is 4.05. The van der Waals surface area contributed by atoms with Gasteiger partial charge in [0.2, 0.25) is 0 Å². The number of hydrogen-bond donors (Lipinski definition) is 0. The van der Waals surface area contributed by atoms with E-state index in [1.54, 1.807) is 13.8 Å². The van der Waals surface area contributed by atoms with Crippen LogP contribution in [0.25, 0.3) is 0 Å². The summed E-state index contributed by atoms with van der Waals surface area (Å²) in [5, 5.41) is 0. The third-order valence-corrected chi connectivity index (χ3v) is 1.32. The van der Waals surface area contributed by atoms with Crippen molar-refractivity contribution >= 4 is 5.97 Å². The van der Waals surface area contributed by atoms with Gasteiger partial charge in [-0.05, 0) is 6.92 Å². The quantitative estimate of drug-likeness (QED) is 0.607. The van der Waals surface area contributed by atoms with Gasteiger partial charge in [-0.3, -0.25) is 4.79 Å². The lowest BCUT2D eigenvalue weighted by molar-refractivity contribution is -0.151.